The van der Waals surface area contributed by atoms with Gasteiger partial charge >= 0.3 is 0 Å². The fourth-order valence-corrected chi connectivity index (χ4v) is 3.32. The van der Waals surface area contributed by atoms with E-state index in [0.29, 0.717) is 56.7 Å². The van der Waals surface area contributed by atoms with E-state index in [4.69, 9.17) is 21.1 Å². The van der Waals surface area contributed by atoms with Crippen LogP contribution in [0.1, 0.15) is 5.56 Å². The van der Waals surface area contributed by atoms with Crippen LogP contribution in [0.2, 0.25) is 5.02 Å². The van der Waals surface area contributed by atoms with E-state index < -0.39 is 0 Å². The standard InChI is InChI=1S/C19H26ClN3O4/c1-15-12-16(2-3-17(15)20)27-14-19(25)23-6-4-22(5-7-23)18(24)13-21-8-10-26-11-9-21/h2-3,12H,4-11,13-14H2,1H3. The molecule has 0 aromatic heterocycles. The third kappa shape index (κ3) is 5.57. The van der Waals surface area contributed by atoms with Crippen LogP contribution in [0.5, 0.6) is 5.75 Å². The Bertz CT molecular complexity index is 671. The molecule has 0 radical (unpaired) electrons. The van der Waals surface area contributed by atoms with Gasteiger partial charge in [0.1, 0.15) is 5.75 Å². The van der Waals surface area contributed by atoms with Crippen molar-refractivity contribution in [3.8, 4) is 5.75 Å². The van der Waals surface area contributed by atoms with E-state index in [9.17, 15) is 9.59 Å². The van der Waals surface area contributed by atoms with Gasteiger partial charge in [0.05, 0.1) is 19.8 Å². The second-order valence-corrected chi connectivity index (χ2v) is 7.26. The van der Waals surface area contributed by atoms with Gasteiger partial charge in [0.2, 0.25) is 5.91 Å². The lowest BCUT2D eigenvalue weighted by Crippen LogP contribution is -2.54. The Balaban J connectivity index is 1.40. The third-order valence-corrected chi connectivity index (χ3v) is 5.36. The molecule has 0 unspecified atom stereocenters. The van der Waals surface area contributed by atoms with E-state index >= 15 is 0 Å². The van der Waals surface area contributed by atoms with E-state index in [2.05, 4.69) is 4.90 Å². The first kappa shape index (κ1) is 19.9. The number of carbonyl (C=O) groups excluding carboxylic acids is 2. The topological polar surface area (TPSA) is 62.3 Å². The number of aryl methyl sites for hydroxylation is 1. The van der Waals surface area contributed by atoms with Gasteiger partial charge in [0, 0.05) is 44.3 Å². The number of nitrogens with zero attached hydrogens (tertiary/aromatic N) is 3. The Morgan fingerprint density at radius 1 is 1.04 bits per heavy atom. The van der Waals surface area contributed by atoms with Crippen LogP contribution in [-0.4, -0.2) is 92.1 Å². The molecular formula is C19H26ClN3O4. The molecule has 0 saturated carbocycles. The molecule has 0 N–H and O–H groups in total. The molecule has 2 saturated heterocycles. The van der Waals surface area contributed by atoms with Gasteiger partial charge in [-0.1, -0.05) is 11.6 Å². The zero-order valence-electron chi connectivity index (χ0n) is 15.7. The second-order valence-electron chi connectivity index (χ2n) is 6.85. The number of benzene rings is 1. The number of morpholine rings is 1. The van der Waals surface area contributed by atoms with Crippen LogP contribution in [-0.2, 0) is 14.3 Å². The number of amides is 2. The number of ether oxygens (including phenoxy) is 2. The number of rotatable bonds is 5. The summed E-state index contributed by atoms with van der Waals surface area (Å²) in [4.78, 5) is 30.5. The Kier molecular flexibility index (Phi) is 6.93. The number of halogens is 1. The zero-order valence-corrected chi connectivity index (χ0v) is 16.4. The van der Waals surface area contributed by atoms with Gasteiger partial charge in [-0.15, -0.1) is 0 Å². The van der Waals surface area contributed by atoms with Crippen molar-refractivity contribution < 1.29 is 19.1 Å². The van der Waals surface area contributed by atoms with Gasteiger partial charge in [-0.2, -0.15) is 0 Å². The van der Waals surface area contributed by atoms with Crippen LogP contribution < -0.4 is 4.74 Å². The number of hydrogen-bond acceptors (Lipinski definition) is 5. The van der Waals surface area contributed by atoms with Gasteiger partial charge in [-0.25, -0.2) is 0 Å². The summed E-state index contributed by atoms with van der Waals surface area (Å²) >= 11 is 5.99. The van der Waals surface area contributed by atoms with Crippen molar-refractivity contribution in [2.75, 3.05) is 65.6 Å². The summed E-state index contributed by atoms with van der Waals surface area (Å²) < 4.78 is 10.9. The molecule has 0 aliphatic carbocycles. The molecule has 0 bridgehead atoms. The van der Waals surface area contributed by atoms with Gasteiger partial charge in [0.25, 0.3) is 5.91 Å². The normalized spacial score (nSPS) is 18.4. The summed E-state index contributed by atoms with van der Waals surface area (Å²) in [5.41, 5.74) is 0.911. The van der Waals surface area contributed by atoms with Crippen molar-refractivity contribution in [2.45, 2.75) is 6.92 Å². The van der Waals surface area contributed by atoms with Crippen molar-refractivity contribution in [2.24, 2.45) is 0 Å². The van der Waals surface area contributed by atoms with Crippen LogP contribution in [0, 0.1) is 6.92 Å². The molecule has 2 heterocycles. The molecule has 0 atom stereocenters. The Morgan fingerprint density at radius 2 is 1.67 bits per heavy atom. The second kappa shape index (κ2) is 9.39. The molecular weight excluding hydrogens is 370 g/mol. The molecule has 2 fully saturated rings. The van der Waals surface area contributed by atoms with Gasteiger partial charge in [0.15, 0.2) is 6.61 Å². The maximum absolute atomic E-state index is 12.4. The van der Waals surface area contributed by atoms with Crippen LogP contribution in [0.4, 0.5) is 0 Å². The summed E-state index contributed by atoms with van der Waals surface area (Å²) in [6, 6.07) is 5.33. The van der Waals surface area contributed by atoms with Crippen molar-refractivity contribution in [1.29, 1.82) is 0 Å². The molecule has 3 rings (SSSR count). The number of piperazine rings is 1. The fourth-order valence-electron chi connectivity index (χ4n) is 3.20. The van der Waals surface area contributed by atoms with E-state index in [1.54, 1.807) is 17.0 Å². The van der Waals surface area contributed by atoms with Crippen LogP contribution in [0.3, 0.4) is 0 Å². The maximum Gasteiger partial charge on any atom is 0.260 e. The largest absolute Gasteiger partial charge is 0.484 e. The quantitative estimate of drug-likeness (QED) is 0.745. The lowest BCUT2D eigenvalue weighted by molar-refractivity contribution is -0.141. The van der Waals surface area contributed by atoms with E-state index in [-0.39, 0.29) is 18.4 Å². The van der Waals surface area contributed by atoms with Crippen molar-refractivity contribution in [1.82, 2.24) is 14.7 Å². The van der Waals surface area contributed by atoms with E-state index in [1.807, 2.05) is 17.9 Å². The molecule has 1 aromatic rings. The molecule has 2 aliphatic heterocycles. The van der Waals surface area contributed by atoms with Gasteiger partial charge in [-0.05, 0) is 30.7 Å². The average molecular weight is 396 g/mol. The lowest BCUT2D eigenvalue weighted by Gasteiger charge is -2.36. The monoisotopic (exact) mass is 395 g/mol. The van der Waals surface area contributed by atoms with E-state index in [1.165, 1.54) is 0 Å². The first-order valence-corrected chi connectivity index (χ1v) is 9.65. The minimum Gasteiger partial charge on any atom is -0.484 e. The molecule has 7 nitrogen and oxygen atoms in total. The smallest absolute Gasteiger partial charge is 0.260 e. The average Bonchev–Trinajstić information content (AvgIpc) is 2.69. The summed E-state index contributed by atoms with van der Waals surface area (Å²) in [6.45, 7) is 7.48. The lowest BCUT2D eigenvalue weighted by atomic mass is 10.2. The molecule has 2 amide bonds. The van der Waals surface area contributed by atoms with Crippen molar-refractivity contribution in [3.05, 3.63) is 28.8 Å². The zero-order chi connectivity index (χ0) is 19.2. The highest BCUT2D eigenvalue weighted by Gasteiger charge is 2.25. The molecule has 148 valence electrons. The van der Waals surface area contributed by atoms with Crippen LogP contribution >= 0.6 is 11.6 Å². The summed E-state index contributed by atoms with van der Waals surface area (Å²) in [5, 5.41) is 0.673. The minimum absolute atomic E-state index is 0.0111. The highest BCUT2D eigenvalue weighted by atomic mass is 35.5. The fraction of sp³-hybridized carbons (Fsp3) is 0.579. The van der Waals surface area contributed by atoms with Crippen molar-refractivity contribution in [3.63, 3.8) is 0 Å². The van der Waals surface area contributed by atoms with Crippen molar-refractivity contribution >= 4 is 23.4 Å². The highest BCUT2D eigenvalue weighted by molar-refractivity contribution is 6.31. The SMILES string of the molecule is Cc1cc(OCC(=O)N2CCN(C(=O)CN3CCOCC3)CC2)ccc1Cl. The highest BCUT2D eigenvalue weighted by Crippen LogP contribution is 2.21. The molecule has 2 aliphatic rings. The summed E-state index contributed by atoms with van der Waals surface area (Å²) in [7, 11) is 0. The molecule has 27 heavy (non-hydrogen) atoms. The van der Waals surface area contributed by atoms with E-state index in [0.717, 1.165) is 18.7 Å². The Morgan fingerprint density at radius 3 is 2.30 bits per heavy atom. The third-order valence-electron chi connectivity index (χ3n) is 4.94. The summed E-state index contributed by atoms with van der Waals surface area (Å²) in [5.74, 6) is 0.685. The predicted octanol–water partition coefficient (Wildman–Crippen LogP) is 1.03. The van der Waals surface area contributed by atoms with Crippen LogP contribution in [0.25, 0.3) is 0 Å². The summed E-state index contributed by atoms with van der Waals surface area (Å²) in [6.07, 6.45) is 0. The Hall–Kier alpha value is -1.83. The Labute approximate surface area is 164 Å². The number of carbonyl (C=O) groups is 2. The number of hydrogen-bond donors (Lipinski definition) is 0. The van der Waals surface area contributed by atoms with Gasteiger partial charge < -0.3 is 19.3 Å². The maximum atomic E-state index is 12.4. The van der Waals surface area contributed by atoms with Gasteiger partial charge in [-0.3, -0.25) is 14.5 Å². The minimum atomic E-state index is -0.0668. The molecule has 1 aromatic carbocycles. The predicted molar refractivity (Wildman–Crippen MR) is 102 cm³/mol. The molecule has 8 heteroatoms. The molecule has 0 spiro atoms. The first-order chi connectivity index (χ1) is 13.0. The first-order valence-electron chi connectivity index (χ1n) is 9.27. The van der Waals surface area contributed by atoms with Crippen LogP contribution in [0.15, 0.2) is 18.2 Å².